The van der Waals surface area contributed by atoms with Crippen molar-refractivity contribution in [2.75, 3.05) is 31.4 Å². The fourth-order valence-corrected chi connectivity index (χ4v) is 7.17. The summed E-state index contributed by atoms with van der Waals surface area (Å²) in [5, 5.41) is 9.63. The predicted octanol–water partition coefficient (Wildman–Crippen LogP) is 2.78. The highest BCUT2D eigenvalue weighted by Gasteiger charge is 2.67. The van der Waals surface area contributed by atoms with Crippen LogP contribution in [0.3, 0.4) is 0 Å². The smallest absolute Gasteiger partial charge is 0.270 e. The molecule has 10 heteroatoms. The summed E-state index contributed by atoms with van der Waals surface area (Å²) in [6, 6.07) is 9.83. The van der Waals surface area contributed by atoms with E-state index in [1.807, 2.05) is 24.3 Å². The largest absolute Gasteiger partial charge is 0.497 e. The van der Waals surface area contributed by atoms with Crippen molar-refractivity contribution in [1.29, 1.82) is 0 Å². The molecule has 4 fully saturated rings. The molecule has 3 heterocycles. The molecular weight excluding hydrogens is 496 g/mol. The zero-order valence-electron chi connectivity index (χ0n) is 22.4. The van der Waals surface area contributed by atoms with Crippen LogP contribution in [0.15, 0.2) is 30.3 Å². The van der Waals surface area contributed by atoms with Crippen LogP contribution in [0, 0.1) is 23.7 Å². The number of fused-ring (bicyclic) bond motifs is 3. The molecule has 10 nitrogen and oxygen atoms in total. The number of pyridine rings is 1. The van der Waals surface area contributed by atoms with Gasteiger partial charge in [0.25, 0.3) is 5.91 Å². The average molecular weight is 533 g/mol. The Labute approximate surface area is 228 Å². The van der Waals surface area contributed by atoms with Crippen molar-refractivity contribution in [2.24, 2.45) is 23.7 Å². The summed E-state index contributed by atoms with van der Waals surface area (Å²) in [6.07, 6.45) is 6.43. The highest BCUT2D eigenvalue weighted by Crippen LogP contribution is 2.65. The Morgan fingerprint density at radius 2 is 1.97 bits per heavy atom. The molecule has 3 saturated carbocycles. The van der Waals surface area contributed by atoms with Crippen molar-refractivity contribution >= 4 is 23.2 Å². The number of hydrogen-bond donors (Lipinski definition) is 5. The first-order valence-electron chi connectivity index (χ1n) is 14.1. The van der Waals surface area contributed by atoms with Gasteiger partial charge in [-0.3, -0.25) is 15.0 Å². The minimum absolute atomic E-state index is 0.00845. The van der Waals surface area contributed by atoms with E-state index in [4.69, 9.17) is 9.47 Å². The molecule has 6 atom stereocenters. The Hall–Kier alpha value is -3.37. The standard InChI is InChI=1S/C29H36N6O4/c1-38-17-6-8-21-19(12-17)29(28(37)33-21)13-20(29)16-5-7-18-24(11-16)34-35-25(18)31-23-10-9-22(32-27(23)39-2)26(36)30-14-15-3-4-15/h6,8-10,12,15-16,18,20,24-25,31,34-35H,3-5,7,11,13-14H2,1-2H3,(H,30,36)(H,33,37)/t16?,18?,20-,24?,25?,29-/m0/s1. The third-order valence-electron chi connectivity index (χ3n) is 9.59. The van der Waals surface area contributed by atoms with Crippen LogP contribution < -0.4 is 36.3 Å². The van der Waals surface area contributed by atoms with E-state index in [9.17, 15) is 9.59 Å². The summed E-state index contributed by atoms with van der Waals surface area (Å²) in [4.78, 5) is 30.1. The molecule has 1 spiro atoms. The number of aromatic nitrogens is 1. The molecule has 1 aromatic carbocycles. The van der Waals surface area contributed by atoms with Crippen LogP contribution in [-0.2, 0) is 10.2 Å². The quantitative estimate of drug-likeness (QED) is 0.352. The SMILES string of the molecule is COc1ccc2c(c1)[C@]1(C[C@H]1C1CCC3C(C1)NNC3Nc1ccc(C(=O)NCC3CC3)nc1OC)C(=O)N2. The van der Waals surface area contributed by atoms with E-state index in [-0.39, 0.29) is 18.0 Å². The first kappa shape index (κ1) is 24.7. The number of nitrogens with zero attached hydrogens (tertiary/aromatic N) is 1. The van der Waals surface area contributed by atoms with Gasteiger partial charge in [-0.05, 0) is 92.2 Å². The maximum absolute atomic E-state index is 13.1. The fourth-order valence-electron chi connectivity index (χ4n) is 7.17. The summed E-state index contributed by atoms with van der Waals surface area (Å²) in [5.41, 5.74) is 9.69. The zero-order chi connectivity index (χ0) is 26.7. The molecule has 5 aliphatic rings. The number of nitrogens with one attached hydrogen (secondary N) is 5. The molecule has 7 rings (SSSR count). The van der Waals surface area contributed by atoms with Crippen LogP contribution >= 0.6 is 0 Å². The Morgan fingerprint density at radius 3 is 2.77 bits per heavy atom. The molecule has 2 amide bonds. The predicted molar refractivity (Wildman–Crippen MR) is 146 cm³/mol. The number of ether oxygens (including phenoxy) is 2. The van der Waals surface area contributed by atoms with E-state index in [1.165, 1.54) is 12.8 Å². The van der Waals surface area contributed by atoms with Crippen LogP contribution in [0.25, 0.3) is 0 Å². The van der Waals surface area contributed by atoms with Gasteiger partial charge in [0.15, 0.2) is 0 Å². The van der Waals surface area contributed by atoms with E-state index in [0.29, 0.717) is 47.8 Å². The molecule has 3 aliphatic carbocycles. The van der Waals surface area contributed by atoms with Gasteiger partial charge in [0.05, 0.1) is 31.5 Å². The summed E-state index contributed by atoms with van der Waals surface area (Å²) in [7, 11) is 3.24. The van der Waals surface area contributed by atoms with Crippen molar-refractivity contribution in [3.63, 3.8) is 0 Å². The zero-order valence-corrected chi connectivity index (χ0v) is 22.4. The maximum Gasteiger partial charge on any atom is 0.270 e. The molecule has 2 aromatic rings. The van der Waals surface area contributed by atoms with E-state index in [0.717, 1.165) is 48.4 Å². The van der Waals surface area contributed by atoms with E-state index < -0.39 is 5.41 Å². The first-order valence-corrected chi connectivity index (χ1v) is 14.1. The molecule has 206 valence electrons. The molecular formula is C29H36N6O4. The Bertz CT molecular complexity index is 1310. The lowest BCUT2D eigenvalue weighted by molar-refractivity contribution is -0.118. The molecule has 0 radical (unpaired) electrons. The highest BCUT2D eigenvalue weighted by atomic mass is 16.5. The monoisotopic (exact) mass is 532 g/mol. The van der Waals surface area contributed by atoms with Gasteiger partial charge < -0.3 is 25.4 Å². The molecule has 0 bridgehead atoms. The van der Waals surface area contributed by atoms with Gasteiger partial charge >= 0.3 is 0 Å². The van der Waals surface area contributed by atoms with Crippen molar-refractivity contribution in [2.45, 2.75) is 56.1 Å². The van der Waals surface area contributed by atoms with Crippen LogP contribution in [0.1, 0.15) is 54.6 Å². The van der Waals surface area contributed by atoms with Gasteiger partial charge in [0.1, 0.15) is 11.4 Å². The first-order chi connectivity index (χ1) is 19.0. The summed E-state index contributed by atoms with van der Waals surface area (Å²) >= 11 is 0. The Kier molecular flexibility index (Phi) is 5.93. The van der Waals surface area contributed by atoms with Crippen LogP contribution in [0.5, 0.6) is 11.6 Å². The Morgan fingerprint density at radius 1 is 1.10 bits per heavy atom. The van der Waals surface area contributed by atoms with Crippen molar-refractivity contribution in [3.8, 4) is 11.6 Å². The maximum atomic E-state index is 13.1. The molecule has 4 unspecified atom stereocenters. The number of carbonyl (C=O) groups is 2. The summed E-state index contributed by atoms with van der Waals surface area (Å²) < 4.78 is 11.0. The van der Waals surface area contributed by atoms with Crippen molar-refractivity contribution in [1.82, 2.24) is 21.2 Å². The lowest BCUT2D eigenvalue weighted by atomic mass is 9.74. The number of anilines is 2. The number of hydrogen-bond acceptors (Lipinski definition) is 8. The summed E-state index contributed by atoms with van der Waals surface area (Å²) in [5.74, 6) is 3.00. The van der Waals surface area contributed by atoms with E-state index in [2.05, 4.69) is 31.8 Å². The van der Waals surface area contributed by atoms with Gasteiger partial charge in [-0.2, -0.15) is 0 Å². The van der Waals surface area contributed by atoms with Crippen molar-refractivity contribution < 1.29 is 19.1 Å². The minimum Gasteiger partial charge on any atom is -0.497 e. The summed E-state index contributed by atoms with van der Waals surface area (Å²) in [6.45, 7) is 0.706. The fraction of sp³-hybridized carbons (Fsp3) is 0.552. The highest BCUT2D eigenvalue weighted by molar-refractivity contribution is 6.09. The molecule has 2 aliphatic heterocycles. The second kappa shape index (κ2) is 9.38. The topological polar surface area (TPSA) is 126 Å². The van der Waals surface area contributed by atoms with Gasteiger partial charge in [-0.1, -0.05) is 0 Å². The minimum atomic E-state index is -0.406. The second-order valence-electron chi connectivity index (χ2n) is 11.8. The second-order valence-corrected chi connectivity index (χ2v) is 11.8. The number of carbonyl (C=O) groups excluding carboxylic acids is 2. The normalized spacial score (nSPS) is 32.3. The average Bonchev–Trinajstić information content (AvgIpc) is 3.87. The molecule has 39 heavy (non-hydrogen) atoms. The lowest BCUT2D eigenvalue weighted by Gasteiger charge is -2.34. The lowest BCUT2D eigenvalue weighted by Crippen LogP contribution is -2.39. The Balaban J connectivity index is 1.00. The third-order valence-corrected chi connectivity index (χ3v) is 9.59. The number of methoxy groups -OCH3 is 2. The van der Waals surface area contributed by atoms with Gasteiger partial charge in [-0.25, -0.2) is 10.4 Å². The van der Waals surface area contributed by atoms with Crippen LogP contribution in [0.2, 0.25) is 0 Å². The number of amides is 2. The van der Waals surface area contributed by atoms with Gasteiger partial charge in [0, 0.05) is 24.2 Å². The van der Waals surface area contributed by atoms with Crippen molar-refractivity contribution in [3.05, 3.63) is 41.6 Å². The van der Waals surface area contributed by atoms with Crippen LogP contribution in [0.4, 0.5) is 11.4 Å². The molecule has 1 saturated heterocycles. The third kappa shape index (κ3) is 4.21. The van der Waals surface area contributed by atoms with Crippen LogP contribution in [-0.4, -0.2) is 49.8 Å². The van der Waals surface area contributed by atoms with Gasteiger partial charge in [0.2, 0.25) is 11.8 Å². The van der Waals surface area contributed by atoms with Gasteiger partial charge in [-0.15, -0.1) is 0 Å². The number of hydrazine groups is 1. The molecule has 1 aromatic heterocycles. The van der Waals surface area contributed by atoms with E-state index in [1.54, 1.807) is 20.3 Å². The number of benzene rings is 1. The number of rotatable bonds is 8. The molecule has 5 N–H and O–H groups in total. The van der Waals surface area contributed by atoms with E-state index >= 15 is 0 Å².